The molecular formula is C21H26ClN5O5. The van der Waals surface area contributed by atoms with Gasteiger partial charge in [-0.2, -0.15) is 10.2 Å². The lowest BCUT2D eigenvalue weighted by atomic mass is 9.98. The summed E-state index contributed by atoms with van der Waals surface area (Å²) in [6.07, 6.45) is 2.73. The van der Waals surface area contributed by atoms with E-state index in [0.29, 0.717) is 29.8 Å². The van der Waals surface area contributed by atoms with Gasteiger partial charge in [0.25, 0.3) is 0 Å². The number of benzene rings is 1. The van der Waals surface area contributed by atoms with Crippen LogP contribution >= 0.6 is 12.4 Å². The summed E-state index contributed by atoms with van der Waals surface area (Å²) in [4.78, 5) is 33.3. The number of urea groups is 1. The normalized spacial score (nSPS) is 13.5. The number of hydrogen-bond donors (Lipinski definition) is 2. The van der Waals surface area contributed by atoms with Gasteiger partial charge < -0.3 is 20.3 Å². The number of ether oxygens (including phenoxy) is 2. The molecule has 2 amide bonds. The van der Waals surface area contributed by atoms with Crippen LogP contribution in [0.15, 0.2) is 30.3 Å². The Balaban J connectivity index is 0.00000256. The molecule has 3 rings (SSSR count). The summed E-state index contributed by atoms with van der Waals surface area (Å²) >= 11 is 0. The average molecular weight is 464 g/mol. The Hall–Kier alpha value is -3.42. The first kappa shape index (κ1) is 26.6. The highest BCUT2D eigenvalue weighted by atomic mass is 35.5. The van der Waals surface area contributed by atoms with Crippen molar-refractivity contribution in [2.24, 2.45) is 0 Å². The second-order valence-electron chi connectivity index (χ2n) is 7.00. The van der Waals surface area contributed by atoms with Crippen LogP contribution in [-0.4, -0.2) is 39.6 Å². The summed E-state index contributed by atoms with van der Waals surface area (Å²) in [7, 11) is 0. The van der Waals surface area contributed by atoms with Gasteiger partial charge in [-0.15, -0.1) is 12.4 Å². The minimum absolute atomic E-state index is 0. The quantitative estimate of drug-likeness (QED) is 0.623. The van der Waals surface area contributed by atoms with Crippen molar-refractivity contribution in [1.29, 1.82) is 5.26 Å². The summed E-state index contributed by atoms with van der Waals surface area (Å²) in [5.41, 5.74) is 0.0822. The largest absolute Gasteiger partial charge is 0.464 e. The summed E-state index contributed by atoms with van der Waals surface area (Å²) in [5.74, 6) is 0.360. The molecule has 2 aromatic rings. The van der Waals surface area contributed by atoms with Gasteiger partial charge in [0.1, 0.15) is 11.3 Å². The average Bonchev–Trinajstić information content (AvgIpc) is 3.18. The molecule has 1 saturated carbocycles. The van der Waals surface area contributed by atoms with E-state index >= 15 is 0 Å². The highest BCUT2D eigenvalue weighted by molar-refractivity contribution is 5.93. The maximum Gasteiger partial charge on any atom is 0.331 e. The number of aryl methyl sites for hydroxylation is 1. The van der Waals surface area contributed by atoms with Crippen LogP contribution in [0.1, 0.15) is 43.9 Å². The summed E-state index contributed by atoms with van der Waals surface area (Å²) in [6, 6.07) is 9.64. The first-order valence-electron chi connectivity index (χ1n) is 9.74. The number of halogens is 1. The van der Waals surface area contributed by atoms with Crippen molar-refractivity contribution in [2.45, 2.75) is 45.1 Å². The van der Waals surface area contributed by atoms with Crippen LogP contribution in [0, 0.1) is 18.3 Å². The van der Waals surface area contributed by atoms with Gasteiger partial charge >= 0.3 is 12.0 Å². The summed E-state index contributed by atoms with van der Waals surface area (Å²) < 4.78 is 10.8. The molecule has 1 heterocycles. The third-order valence-electron chi connectivity index (χ3n) is 4.74. The first-order valence-corrected chi connectivity index (χ1v) is 9.74. The van der Waals surface area contributed by atoms with Crippen LogP contribution < -0.4 is 15.4 Å². The molecule has 0 atom stereocenters. The molecule has 0 saturated heterocycles. The zero-order valence-corrected chi connectivity index (χ0v) is 18.6. The van der Waals surface area contributed by atoms with Gasteiger partial charge in [-0.05, 0) is 51.0 Å². The molecule has 0 spiro atoms. The third kappa shape index (κ3) is 6.54. The topological polar surface area (TPSA) is 158 Å². The molecule has 32 heavy (non-hydrogen) atoms. The fraction of sp³-hybridized carbons (Fsp3) is 0.381. The molecule has 1 aliphatic rings. The van der Waals surface area contributed by atoms with Crippen molar-refractivity contribution in [3.63, 3.8) is 0 Å². The number of aromatic nitrogens is 2. The lowest BCUT2D eigenvalue weighted by Crippen LogP contribution is -2.54. The summed E-state index contributed by atoms with van der Waals surface area (Å²) in [5, 5.41) is 14.2. The monoisotopic (exact) mass is 463 g/mol. The molecule has 0 aliphatic heterocycles. The fourth-order valence-electron chi connectivity index (χ4n) is 3.34. The standard InChI is InChI=1S/C21H23N5O4.ClH.H2O/c1-3-29-18(27)21(10-4-5-11-21)26-20(28)25-19-23-14(2)12-17(24-19)30-16-8-6-15(13-22)7-9-16;;/h6-9,12H,3-5,10-11H2,1-2H3,(H2,23,24,25,26,28);1H;1H2. The number of carbonyl (C=O) groups excluding carboxylic acids is 2. The molecule has 11 heteroatoms. The number of rotatable bonds is 6. The molecule has 1 aromatic heterocycles. The van der Waals surface area contributed by atoms with E-state index in [1.54, 1.807) is 44.2 Å². The predicted molar refractivity (Wildman–Crippen MR) is 119 cm³/mol. The molecule has 1 fully saturated rings. The highest BCUT2D eigenvalue weighted by Crippen LogP contribution is 2.31. The Labute approximate surface area is 192 Å². The lowest BCUT2D eigenvalue weighted by Gasteiger charge is -2.27. The van der Waals surface area contributed by atoms with E-state index in [2.05, 4.69) is 20.6 Å². The van der Waals surface area contributed by atoms with Gasteiger partial charge in [0.2, 0.25) is 11.8 Å². The third-order valence-corrected chi connectivity index (χ3v) is 4.74. The maximum absolute atomic E-state index is 12.6. The van der Waals surface area contributed by atoms with Crippen LogP contribution in [0.5, 0.6) is 11.6 Å². The SMILES string of the molecule is CCOC(=O)C1(NC(=O)Nc2nc(C)cc(Oc3ccc(C#N)cc3)n2)CCCC1.Cl.O. The molecule has 10 nitrogen and oxygen atoms in total. The number of anilines is 1. The van der Waals surface area contributed by atoms with Crippen molar-refractivity contribution in [2.75, 3.05) is 11.9 Å². The van der Waals surface area contributed by atoms with E-state index in [1.807, 2.05) is 6.07 Å². The molecule has 0 unspecified atom stereocenters. The smallest absolute Gasteiger partial charge is 0.331 e. The fourth-order valence-corrected chi connectivity index (χ4v) is 3.34. The zero-order chi connectivity index (χ0) is 21.6. The van der Waals surface area contributed by atoms with Crippen molar-refractivity contribution in [1.82, 2.24) is 15.3 Å². The van der Waals surface area contributed by atoms with Crippen LogP contribution in [-0.2, 0) is 9.53 Å². The van der Waals surface area contributed by atoms with Gasteiger partial charge in [0, 0.05) is 11.8 Å². The van der Waals surface area contributed by atoms with Gasteiger partial charge in [0.15, 0.2) is 0 Å². The lowest BCUT2D eigenvalue weighted by molar-refractivity contribution is -0.150. The number of nitrogens with one attached hydrogen (secondary N) is 2. The van der Waals surface area contributed by atoms with Gasteiger partial charge in [-0.25, -0.2) is 14.6 Å². The molecular weight excluding hydrogens is 438 g/mol. The van der Waals surface area contributed by atoms with E-state index in [4.69, 9.17) is 14.7 Å². The molecule has 4 N–H and O–H groups in total. The Morgan fingerprint density at radius 1 is 1.19 bits per heavy atom. The van der Waals surface area contributed by atoms with Crippen LogP contribution in [0.25, 0.3) is 0 Å². The second kappa shape index (κ2) is 11.8. The van der Waals surface area contributed by atoms with Gasteiger partial charge in [0.05, 0.1) is 18.2 Å². The van der Waals surface area contributed by atoms with Gasteiger partial charge in [-0.1, -0.05) is 12.8 Å². The number of amides is 2. The Bertz CT molecular complexity index is 972. The van der Waals surface area contributed by atoms with Crippen molar-refractivity contribution in [3.05, 3.63) is 41.6 Å². The highest BCUT2D eigenvalue weighted by Gasteiger charge is 2.44. The van der Waals surface area contributed by atoms with Crippen LogP contribution in [0.2, 0.25) is 0 Å². The van der Waals surface area contributed by atoms with E-state index in [-0.39, 0.29) is 36.3 Å². The van der Waals surface area contributed by atoms with Crippen LogP contribution in [0.4, 0.5) is 10.7 Å². The van der Waals surface area contributed by atoms with Gasteiger partial charge in [-0.3, -0.25) is 5.32 Å². The second-order valence-corrected chi connectivity index (χ2v) is 7.00. The predicted octanol–water partition coefficient (Wildman–Crippen LogP) is 3.04. The zero-order valence-electron chi connectivity index (χ0n) is 17.8. The summed E-state index contributed by atoms with van der Waals surface area (Å²) in [6.45, 7) is 3.73. The van der Waals surface area contributed by atoms with E-state index < -0.39 is 17.5 Å². The Morgan fingerprint density at radius 3 is 2.44 bits per heavy atom. The van der Waals surface area contributed by atoms with Crippen molar-refractivity contribution >= 4 is 30.4 Å². The van der Waals surface area contributed by atoms with Crippen molar-refractivity contribution < 1.29 is 24.5 Å². The minimum Gasteiger partial charge on any atom is -0.464 e. The molecule has 0 radical (unpaired) electrons. The maximum atomic E-state index is 12.6. The molecule has 172 valence electrons. The number of hydrogen-bond acceptors (Lipinski definition) is 7. The van der Waals surface area contributed by atoms with E-state index in [9.17, 15) is 9.59 Å². The Kier molecular flexibility index (Phi) is 9.84. The number of carbonyl (C=O) groups is 2. The number of esters is 1. The Morgan fingerprint density at radius 2 is 1.84 bits per heavy atom. The minimum atomic E-state index is -1.02. The molecule has 1 aromatic carbocycles. The number of nitrogens with zero attached hydrogens (tertiary/aromatic N) is 3. The molecule has 0 bridgehead atoms. The van der Waals surface area contributed by atoms with Crippen molar-refractivity contribution in [3.8, 4) is 17.7 Å². The molecule has 1 aliphatic carbocycles. The number of nitriles is 1. The van der Waals surface area contributed by atoms with E-state index in [0.717, 1.165) is 12.8 Å². The van der Waals surface area contributed by atoms with E-state index in [1.165, 1.54) is 0 Å². The first-order chi connectivity index (χ1) is 14.4. The van der Waals surface area contributed by atoms with Crippen LogP contribution in [0.3, 0.4) is 0 Å².